The maximum atomic E-state index is 5.58. The van der Waals surface area contributed by atoms with Crippen molar-refractivity contribution < 1.29 is 9.47 Å². The molecule has 1 fully saturated rings. The summed E-state index contributed by atoms with van der Waals surface area (Å²) in [6, 6.07) is 0.260. The zero-order valence-electron chi connectivity index (χ0n) is 11.9. The van der Waals surface area contributed by atoms with Gasteiger partial charge in [-0.3, -0.25) is 4.99 Å². The Kier molecular flexibility index (Phi) is 7.76. The number of nitrogens with one attached hydrogen (secondary N) is 2. The van der Waals surface area contributed by atoms with E-state index >= 15 is 0 Å². The van der Waals surface area contributed by atoms with Crippen molar-refractivity contribution in [3.8, 4) is 0 Å². The second-order valence-electron chi connectivity index (χ2n) is 4.69. The molecular weight excluding hydrogens is 230 g/mol. The van der Waals surface area contributed by atoms with Crippen molar-refractivity contribution >= 4 is 5.96 Å². The molecule has 0 spiro atoms. The van der Waals surface area contributed by atoms with E-state index in [1.165, 1.54) is 12.8 Å². The van der Waals surface area contributed by atoms with Gasteiger partial charge in [0.25, 0.3) is 0 Å². The van der Waals surface area contributed by atoms with Crippen LogP contribution in [0.25, 0.3) is 0 Å². The van der Waals surface area contributed by atoms with Crippen molar-refractivity contribution in [2.45, 2.75) is 45.3 Å². The highest BCUT2D eigenvalue weighted by molar-refractivity contribution is 5.80. The van der Waals surface area contributed by atoms with Crippen LogP contribution in [0.15, 0.2) is 4.99 Å². The molecule has 0 saturated carbocycles. The minimum absolute atomic E-state index is 0.260. The quantitative estimate of drug-likeness (QED) is 0.530. The predicted octanol–water partition coefficient (Wildman–Crippen LogP) is 1.15. The van der Waals surface area contributed by atoms with Crippen molar-refractivity contribution in [1.29, 1.82) is 0 Å². The SMILES string of the molecule is CCNC(=NCCC1CCCO1)NC(C)COC. The van der Waals surface area contributed by atoms with E-state index in [-0.39, 0.29) is 6.04 Å². The van der Waals surface area contributed by atoms with Crippen LogP contribution >= 0.6 is 0 Å². The number of ether oxygens (including phenoxy) is 2. The molecule has 2 atom stereocenters. The first-order valence-electron chi connectivity index (χ1n) is 6.91. The first-order chi connectivity index (χ1) is 8.76. The summed E-state index contributed by atoms with van der Waals surface area (Å²) < 4.78 is 10.7. The Labute approximate surface area is 110 Å². The van der Waals surface area contributed by atoms with Crippen LogP contribution in [0.1, 0.15) is 33.1 Å². The second kappa shape index (κ2) is 9.16. The molecular formula is C13H27N3O2. The maximum absolute atomic E-state index is 5.58. The van der Waals surface area contributed by atoms with Crippen LogP contribution in [0.3, 0.4) is 0 Å². The molecule has 1 saturated heterocycles. The molecule has 0 aromatic carbocycles. The highest BCUT2D eigenvalue weighted by Gasteiger charge is 2.14. The lowest BCUT2D eigenvalue weighted by Crippen LogP contribution is -2.44. The maximum Gasteiger partial charge on any atom is 0.191 e. The Hall–Kier alpha value is -0.810. The summed E-state index contributed by atoms with van der Waals surface area (Å²) in [6.45, 7) is 7.41. The fourth-order valence-corrected chi connectivity index (χ4v) is 2.04. The summed E-state index contributed by atoms with van der Waals surface area (Å²) in [5.74, 6) is 0.861. The minimum atomic E-state index is 0.260. The first kappa shape index (κ1) is 15.2. The summed E-state index contributed by atoms with van der Waals surface area (Å²) in [6.07, 6.45) is 3.79. The van der Waals surface area contributed by atoms with E-state index in [1.807, 2.05) is 0 Å². The lowest BCUT2D eigenvalue weighted by molar-refractivity contribution is 0.106. The van der Waals surface area contributed by atoms with Gasteiger partial charge in [0.15, 0.2) is 5.96 Å². The Balaban J connectivity index is 2.29. The number of methoxy groups -OCH3 is 1. The Morgan fingerprint density at radius 2 is 2.39 bits per heavy atom. The molecule has 5 heteroatoms. The van der Waals surface area contributed by atoms with Gasteiger partial charge in [-0.05, 0) is 33.1 Å². The van der Waals surface area contributed by atoms with Gasteiger partial charge in [-0.1, -0.05) is 0 Å². The van der Waals surface area contributed by atoms with Crippen molar-refractivity contribution in [2.24, 2.45) is 4.99 Å². The third kappa shape index (κ3) is 6.21. The summed E-state index contributed by atoms with van der Waals surface area (Å²) in [5, 5.41) is 6.56. The van der Waals surface area contributed by atoms with Crippen LogP contribution < -0.4 is 10.6 Å². The molecule has 2 N–H and O–H groups in total. The van der Waals surface area contributed by atoms with Crippen LogP contribution in [0.4, 0.5) is 0 Å². The van der Waals surface area contributed by atoms with Gasteiger partial charge in [0.1, 0.15) is 0 Å². The molecule has 0 amide bonds. The van der Waals surface area contributed by atoms with Gasteiger partial charge >= 0.3 is 0 Å². The Morgan fingerprint density at radius 3 is 3.00 bits per heavy atom. The molecule has 106 valence electrons. The lowest BCUT2D eigenvalue weighted by atomic mass is 10.2. The summed E-state index contributed by atoms with van der Waals surface area (Å²) in [7, 11) is 1.71. The monoisotopic (exact) mass is 257 g/mol. The number of aliphatic imine (C=N–C) groups is 1. The fraction of sp³-hybridized carbons (Fsp3) is 0.923. The highest BCUT2D eigenvalue weighted by Crippen LogP contribution is 2.14. The van der Waals surface area contributed by atoms with E-state index in [0.29, 0.717) is 12.7 Å². The zero-order valence-corrected chi connectivity index (χ0v) is 11.9. The molecule has 1 aliphatic rings. The van der Waals surface area contributed by atoms with Gasteiger partial charge in [0.2, 0.25) is 0 Å². The van der Waals surface area contributed by atoms with E-state index in [1.54, 1.807) is 7.11 Å². The second-order valence-corrected chi connectivity index (χ2v) is 4.69. The van der Waals surface area contributed by atoms with Crippen LogP contribution in [0.2, 0.25) is 0 Å². The standard InChI is InChI=1S/C13H27N3O2/c1-4-14-13(16-11(2)10-17-3)15-8-7-12-6-5-9-18-12/h11-12H,4-10H2,1-3H3,(H2,14,15,16). The average Bonchev–Trinajstić information content (AvgIpc) is 2.82. The normalized spacial score (nSPS) is 21.9. The first-order valence-corrected chi connectivity index (χ1v) is 6.91. The molecule has 0 aromatic rings. The van der Waals surface area contributed by atoms with Crippen LogP contribution in [-0.4, -0.2) is 51.5 Å². The van der Waals surface area contributed by atoms with Crippen LogP contribution in [-0.2, 0) is 9.47 Å². The summed E-state index contributed by atoms with van der Waals surface area (Å²) in [5.41, 5.74) is 0. The van der Waals surface area contributed by atoms with Crippen molar-refractivity contribution in [2.75, 3.05) is 33.4 Å². The number of nitrogens with zero attached hydrogens (tertiary/aromatic N) is 1. The molecule has 5 nitrogen and oxygen atoms in total. The lowest BCUT2D eigenvalue weighted by Gasteiger charge is -2.17. The van der Waals surface area contributed by atoms with Crippen molar-refractivity contribution in [3.63, 3.8) is 0 Å². The zero-order chi connectivity index (χ0) is 13.2. The molecule has 18 heavy (non-hydrogen) atoms. The molecule has 1 aliphatic heterocycles. The van der Waals surface area contributed by atoms with Crippen LogP contribution in [0.5, 0.6) is 0 Å². The molecule has 1 rings (SSSR count). The molecule has 1 heterocycles. The van der Waals surface area contributed by atoms with Crippen molar-refractivity contribution in [3.05, 3.63) is 0 Å². The summed E-state index contributed by atoms with van der Waals surface area (Å²) in [4.78, 5) is 4.56. The Morgan fingerprint density at radius 1 is 1.56 bits per heavy atom. The topological polar surface area (TPSA) is 54.9 Å². The van der Waals surface area contributed by atoms with Gasteiger partial charge in [0, 0.05) is 32.8 Å². The van der Waals surface area contributed by atoms with E-state index < -0.39 is 0 Å². The molecule has 0 bridgehead atoms. The highest BCUT2D eigenvalue weighted by atomic mass is 16.5. The minimum Gasteiger partial charge on any atom is -0.383 e. The summed E-state index contributed by atoms with van der Waals surface area (Å²) >= 11 is 0. The molecule has 2 unspecified atom stereocenters. The fourth-order valence-electron chi connectivity index (χ4n) is 2.04. The van der Waals surface area contributed by atoms with E-state index in [4.69, 9.17) is 9.47 Å². The molecule has 0 radical (unpaired) electrons. The molecule has 0 aliphatic carbocycles. The number of hydrogen-bond donors (Lipinski definition) is 2. The largest absolute Gasteiger partial charge is 0.383 e. The number of hydrogen-bond acceptors (Lipinski definition) is 3. The average molecular weight is 257 g/mol. The number of rotatable bonds is 7. The van der Waals surface area contributed by atoms with Crippen molar-refractivity contribution in [1.82, 2.24) is 10.6 Å². The Bertz CT molecular complexity index is 240. The van der Waals surface area contributed by atoms with Crippen LogP contribution in [0, 0.1) is 0 Å². The van der Waals surface area contributed by atoms with E-state index in [2.05, 4.69) is 29.5 Å². The van der Waals surface area contributed by atoms with Gasteiger partial charge < -0.3 is 20.1 Å². The third-order valence-electron chi connectivity index (χ3n) is 2.89. The third-order valence-corrected chi connectivity index (χ3v) is 2.89. The van der Waals surface area contributed by atoms with Gasteiger partial charge in [0.05, 0.1) is 12.7 Å². The van der Waals surface area contributed by atoms with E-state index in [0.717, 1.165) is 32.1 Å². The smallest absolute Gasteiger partial charge is 0.191 e. The predicted molar refractivity (Wildman–Crippen MR) is 74.0 cm³/mol. The van der Waals surface area contributed by atoms with Gasteiger partial charge in [-0.25, -0.2) is 0 Å². The van der Waals surface area contributed by atoms with E-state index in [9.17, 15) is 0 Å². The van der Waals surface area contributed by atoms with Gasteiger partial charge in [-0.15, -0.1) is 0 Å². The molecule has 0 aromatic heterocycles. The number of guanidine groups is 1. The van der Waals surface area contributed by atoms with Gasteiger partial charge in [-0.2, -0.15) is 0 Å².